The molecule has 0 atom stereocenters. The van der Waals surface area contributed by atoms with Crippen molar-refractivity contribution in [3.05, 3.63) is 150 Å². The number of fused-ring (bicyclic) bond motifs is 1. The third-order valence-electron chi connectivity index (χ3n) is 6.10. The Balaban J connectivity index is 0.00000156. The summed E-state index contributed by atoms with van der Waals surface area (Å²) in [6, 6.07) is 35.2. The molecule has 0 fully saturated rings. The summed E-state index contributed by atoms with van der Waals surface area (Å²) >= 11 is 0. The number of hydrogen-bond acceptors (Lipinski definition) is 2. The molecule has 0 unspecified atom stereocenters. The van der Waals surface area contributed by atoms with Crippen molar-refractivity contribution >= 4 is 17.1 Å². The van der Waals surface area contributed by atoms with Crippen molar-refractivity contribution in [2.45, 2.75) is 27.2 Å². The number of nitrogens with zero attached hydrogens (tertiary/aromatic N) is 3. The van der Waals surface area contributed by atoms with Gasteiger partial charge in [0.15, 0.2) is 0 Å². The summed E-state index contributed by atoms with van der Waals surface area (Å²) < 4.78 is 2.12. The fourth-order valence-electron chi connectivity index (χ4n) is 4.21. The van der Waals surface area contributed by atoms with Gasteiger partial charge in [-0.2, -0.15) is 0 Å². The van der Waals surface area contributed by atoms with Gasteiger partial charge >= 0.3 is 0 Å². The van der Waals surface area contributed by atoms with Crippen LogP contribution in [0, 0.1) is 6.92 Å². The number of aliphatic imine (C=N–C) groups is 1. The molecule has 0 aliphatic rings. The molecule has 5 aromatic rings. The minimum absolute atomic E-state index is 0.798. The number of imidazole rings is 1. The monoisotopic (exact) mass is 483 g/mol. The highest BCUT2D eigenvalue weighted by Crippen LogP contribution is 2.27. The van der Waals surface area contributed by atoms with Crippen LogP contribution in [0.2, 0.25) is 0 Å². The molecule has 0 saturated carbocycles. The maximum absolute atomic E-state index is 5.04. The first-order valence-corrected chi connectivity index (χ1v) is 12.8. The Labute approximate surface area is 220 Å². The summed E-state index contributed by atoms with van der Waals surface area (Å²) in [6.45, 7) is 10.1. The molecular formula is C34H33N3. The second-order valence-corrected chi connectivity index (χ2v) is 8.40. The van der Waals surface area contributed by atoms with E-state index < -0.39 is 0 Å². The van der Waals surface area contributed by atoms with E-state index in [1.807, 2.05) is 62.4 Å². The normalized spacial score (nSPS) is 11.6. The van der Waals surface area contributed by atoms with Gasteiger partial charge in [-0.15, -0.1) is 0 Å². The van der Waals surface area contributed by atoms with Crippen LogP contribution in [-0.4, -0.2) is 15.1 Å². The fraction of sp³-hybridized carbons (Fsp3) is 0.118. The van der Waals surface area contributed by atoms with Gasteiger partial charge in [-0.3, -0.25) is 0 Å². The molecule has 0 spiro atoms. The third-order valence-corrected chi connectivity index (χ3v) is 6.10. The van der Waals surface area contributed by atoms with Crippen LogP contribution in [-0.2, 0) is 6.42 Å². The molecule has 2 aromatic heterocycles. The molecule has 0 N–H and O–H groups in total. The SMILES string of the molecule is C=CC(=N/C(=C\Cc1ccccc1)c1ccc(-c2nc3ccccn3c2C)cc1)c1ccccc1.CC. The van der Waals surface area contributed by atoms with Crippen molar-refractivity contribution < 1.29 is 0 Å². The average molecular weight is 484 g/mol. The number of benzene rings is 3. The zero-order valence-electron chi connectivity index (χ0n) is 21.8. The molecule has 184 valence electrons. The van der Waals surface area contributed by atoms with Crippen molar-refractivity contribution in [1.29, 1.82) is 0 Å². The summed E-state index contributed by atoms with van der Waals surface area (Å²) in [6.07, 6.45) is 6.86. The molecule has 5 rings (SSSR count). The zero-order valence-corrected chi connectivity index (χ0v) is 21.8. The van der Waals surface area contributed by atoms with Gasteiger partial charge in [0.1, 0.15) is 5.65 Å². The van der Waals surface area contributed by atoms with Gasteiger partial charge < -0.3 is 4.40 Å². The lowest BCUT2D eigenvalue weighted by Crippen LogP contribution is -1.97. The third kappa shape index (κ3) is 6.02. The van der Waals surface area contributed by atoms with Crippen LogP contribution < -0.4 is 0 Å². The fourth-order valence-corrected chi connectivity index (χ4v) is 4.21. The summed E-state index contributed by atoms with van der Waals surface area (Å²) in [4.78, 5) is 9.89. The minimum atomic E-state index is 0.798. The molecule has 0 saturated heterocycles. The number of aryl methyl sites for hydroxylation is 1. The number of pyridine rings is 1. The maximum atomic E-state index is 5.04. The molecule has 0 amide bonds. The summed E-state index contributed by atoms with van der Waals surface area (Å²) in [5, 5.41) is 0. The van der Waals surface area contributed by atoms with E-state index in [-0.39, 0.29) is 0 Å². The van der Waals surface area contributed by atoms with Crippen LogP contribution in [0.25, 0.3) is 22.6 Å². The predicted molar refractivity (Wildman–Crippen MR) is 158 cm³/mol. The lowest BCUT2D eigenvalue weighted by molar-refractivity contribution is 1.11. The second kappa shape index (κ2) is 12.5. The first kappa shape index (κ1) is 25.6. The minimum Gasteiger partial charge on any atom is -0.304 e. The van der Waals surface area contributed by atoms with Gasteiger partial charge in [0.05, 0.1) is 17.1 Å². The lowest BCUT2D eigenvalue weighted by Gasteiger charge is -2.08. The molecule has 0 aliphatic heterocycles. The number of hydrogen-bond donors (Lipinski definition) is 0. The number of allylic oxidation sites excluding steroid dienone is 2. The van der Waals surface area contributed by atoms with Gasteiger partial charge in [-0.25, -0.2) is 9.98 Å². The quantitative estimate of drug-likeness (QED) is 0.213. The van der Waals surface area contributed by atoms with Crippen molar-refractivity contribution in [2.24, 2.45) is 4.99 Å². The lowest BCUT2D eigenvalue weighted by atomic mass is 10.0. The van der Waals surface area contributed by atoms with Crippen LogP contribution in [0.3, 0.4) is 0 Å². The number of aromatic nitrogens is 2. The molecule has 37 heavy (non-hydrogen) atoms. The van der Waals surface area contributed by atoms with Crippen molar-refractivity contribution in [1.82, 2.24) is 9.38 Å². The smallest absolute Gasteiger partial charge is 0.137 e. The van der Waals surface area contributed by atoms with E-state index in [4.69, 9.17) is 9.98 Å². The van der Waals surface area contributed by atoms with Gasteiger partial charge in [-0.05, 0) is 42.7 Å². The second-order valence-electron chi connectivity index (χ2n) is 8.40. The Morgan fingerprint density at radius 1 is 0.811 bits per heavy atom. The van der Waals surface area contributed by atoms with Gasteiger partial charge in [-0.1, -0.05) is 117 Å². The molecule has 0 bridgehead atoms. The largest absolute Gasteiger partial charge is 0.304 e. The van der Waals surface area contributed by atoms with E-state index in [0.29, 0.717) is 0 Å². The van der Waals surface area contributed by atoms with Crippen LogP contribution in [0.1, 0.15) is 36.2 Å². The van der Waals surface area contributed by atoms with Crippen LogP contribution in [0.5, 0.6) is 0 Å². The first-order valence-electron chi connectivity index (χ1n) is 12.8. The van der Waals surface area contributed by atoms with Gasteiger partial charge in [0, 0.05) is 23.0 Å². The van der Waals surface area contributed by atoms with E-state index in [9.17, 15) is 0 Å². The molecule has 0 aliphatic carbocycles. The van der Waals surface area contributed by atoms with E-state index >= 15 is 0 Å². The Bertz CT molecular complexity index is 1510. The van der Waals surface area contributed by atoms with Gasteiger partial charge in [0.2, 0.25) is 0 Å². The topological polar surface area (TPSA) is 29.7 Å². The molecule has 0 radical (unpaired) electrons. The van der Waals surface area contributed by atoms with Crippen molar-refractivity contribution in [2.75, 3.05) is 0 Å². The first-order chi connectivity index (χ1) is 18.2. The van der Waals surface area contributed by atoms with Crippen LogP contribution in [0.15, 0.2) is 133 Å². The molecule has 2 heterocycles. The van der Waals surface area contributed by atoms with Crippen LogP contribution >= 0.6 is 0 Å². The highest BCUT2D eigenvalue weighted by Gasteiger charge is 2.11. The summed E-state index contributed by atoms with van der Waals surface area (Å²) in [5.41, 5.74) is 9.30. The Kier molecular flexibility index (Phi) is 8.62. The predicted octanol–water partition coefficient (Wildman–Crippen LogP) is 8.59. The van der Waals surface area contributed by atoms with Crippen molar-refractivity contribution in [3.8, 4) is 11.3 Å². The molecule has 3 heteroatoms. The molecule has 3 aromatic carbocycles. The van der Waals surface area contributed by atoms with Crippen LogP contribution in [0.4, 0.5) is 0 Å². The maximum Gasteiger partial charge on any atom is 0.137 e. The van der Waals surface area contributed by atoms with E-state index in [0.717, 1.165) is 51.6 Å². The Morgan fingerprint density at radius 2 is 1.46 bits per heavy atom. The number of rotatable bonds is 7. The summed E-state index contributed by atoms with van der Waals surface area (Å²) in [7, 11) is 0. The van der Waals surface area contributed by atoms with E-state index in [2.05, 4.69) is 90.8 Å². The highest BCUT2D eigenvalue weighted by atomic mass is 15.0. The molecular weight excluding hydrogens is 450 g/mol. The highest BCUT2D eigenvalue weighted by molar-refractivity contribution is 6.10. The van der Waals surface area contributed by atoms with E-state index in [1.54, 1.807) is 0 Å². The summed E-state index contributed by atoms with van der Waals surface area (Å²) in [5.74, 6) is 0. The average Bonchev–Trinajstić information content (AvgIpc) is 3.32. The standard InChI is InChI=1S/C32H27N3.C2H6/c1-3-29(26-14-8-5-9-15-26)33-30(22-17-25-12-6-4-7-13-25)27-18-20-28(21-19-27)32-24(2)35-23-11-10-16-31(35)34-32;1-2/h3-16,18-23H,1,17H2,2H3;1-2H3/b30-22-,33-29?;. The van der Waals surface area contributed by atoms with Gasteiger partial charge in [0.25, 0.3) is 0 Å². The zero-order chi connectivity index (χ0) is 26.0. The molecule has 3 nitrogen and oxygen atoms in total. The Hall–Kier alpha value is -4.50. The van der Waals surface area contributed by atoms with E-state index in [1.165, 1.54) is 5.56 Å². The Morgan fingerprint density at radius 3 is 2.11 bits per heavy atom. The van der Waals surface area contributed by atoms with Crippen molar-refractivity contribution in [3.63, 3.8) is 0 Å².